The summed E-state index contributed by atoms with van der Waals surface area (Å²) in [6.07, 6.45) is 2.57. The SMILES string of the molecule is CN(C)C(=O)CN=C(NCCc1ccco1)N1CC2OCCN(Cc3ccccc3)C2C1.I. The second-order valence-corrected chi connectivity index (χ2v) is 8.52. The molecule has 180 valence electrons. The average Bonchev–Trinajstić information content (AvgIpc) is 3.47. The van der Waals surface area contributed by atoms with Gasteiger partial charge in [0.2, 0.25) is 5.91 Å². The van der Waals surface area contributed by atoms with Crippen LogP contribution < -0.4 is 5.32 Å². The highest BCUT2D eigenvalue weighted by Gasteiger charge is 2.41. The quantitative estimate of drug-likeness (QED) is 0.314. The molecule has 2 aromatic rings. The zero-order chi connectivity index (χ0) is 22.3. The Hall–Kier alpha value is -2.11. The molecule has 0 aliphatic carbocycles. The molecule has 0 saturated carbocycles. The monoisotopic (exact) mass is 567 g/mol. The van der Waals surface area contributed by atoms with Gasteiger partial charge in [-0.05, 0) is 17.7 Å². The molecule has 3 heterocycles. The van der Waals surface area contributed by atoms with Crippen molar-refractivity contribution in [3.05, 3.63) is 60.1 Å². The molecule has 2 fully saturated rings. The number of guanidine groups is 1. The van der Waals surface area contributed by atoms with Gasteiger partial charge in [-0.2, -0.15) is 0 Å². The summed E-state index contributed by atoms with van der Waals surface area (Å²) in [5.41, 5.74) is 1.31. The largest absolute Gasteiger partial charge is 0.469 e. The Balaban J connectivity index is 0.00000306. The number of halogens is 1. The summed E-state index contributed by atoms with van der Waals surface area (Å²) in [6, 6.07) is 14.7. The summed E-state index contributed by atoms with van der Waals surface area (Å²) < 4.78 is 11.6. The van der Waals surface area contributed by atoms with Crippen LogP contribution in [0.5, 0.6) is 0 Å². The number of carbonyl (C=O) groups is 1. The number of furan rings is 1. The molecule has 8 nitrogen and oxygen atoms in total. The van der Waals surface area contributed by atoms with Crippen molar-refractivity contribution < 1.29 is 13.9 Å². The van der Waals surface area contributed by atoms with Gasteiger partial charge in [-0.3, -0.25) is 9.69 Å². The van der Waals surface area contributed by atoms with Crippen LogP contribution in [0.1, 0.15) is 11.3 Å². The van der Waals surface area contributed by atoms with Crippen molar-refractivity contribution in [2.24, 2.45) is 4.99 Å². The Morgan fingerprint density at radius 3 is 2.73 bits per heavy atom. The van der Waals surface area contributed by atoms with Gasteiger partial charge in [0, 0.05) is 53.2 Å². The summed E-state index contributed by atoms with van der Waals surface area (Å²) in [7, 11) is 3.50. The number of hydrogen-bond donors (Lipinski definition) is 1. The molecule has 0 bridgehead atoms. The first-order chi connectivity index (χ1) is 15.6. The predicted octanol–water partition coefficient (Wildman–Crippen LogP) is 2.06. The van der Waals surface area contributed by atoms with Gasteiger partial charge in [-0.25, -0.2) is 4.99 Å². The molecular weight excluding hydrogens is 533 g/mol. The highest BCUT2D eigenvalue weighted by Crippen LogP contribution is 2.24. The molecule has 0 spiro atoms. The van der Waals surface area contributed by atoms with Crippen LogP contribution in [0.4, 0.5) is 0 Å². The number of aliphatic imine (C=N–C) groups is 1. The lowest BCUT2D eigenvalue weighted by Crippen LogP contribution is -2.50. The van der Waals surface area contributed by atoms with E-state index in [1.54, 1.807) is 25.3 Å². The van der Waals surface area contributed by atoms with Gasteiger partial charge in [-0.1, -0.05) is 30.3 Å². The van der Waals surface area contributed by atoms with E-state index in [1.165, 1.54) is 5.56 Å². The van der Waals surface area contributed by atoms with Crippen LogP contribution in [-0.2, 0) is 22.5 Å². The Kier molecular flexibility index (Phi) is 9.57. The smallest absolute Gasteiger partial charge is 0.243 e. The number of amides is 1. The average molecular weight is 567 g/mol. The first-order valence-electron chi connectivity index (χ1n) is 11.3. The fourth-order valence-corrected chi connectivity index (χ4v) is 4.25. The Morgan fingerprint density at radius 1 is 1.18 bits per heavy atom. The molecule has 33 heavy (non-hydrogen) atoms. The van der Waals surface area contributed by atoms with E-state index in [1.807, 2.05) is 12.1 Å². The van der Waals surface area contributed by atoms with Crippen LogP contribution in [0.15, 0.2) is 58.1 Å². The second-order valence-electron chi connectivity index (χ2n) is 8.52. The minimum absolute atomic E-state index is 0. The number of fused-ring (bicyclic) bond motifs is 1. The van der Waals surface area contributed by atoms with Crippen molar-refractivity contribution in [3.8, 4) is 0 Å². The number of likely N-dealkylation sites (N-methyl/N-ethyl adjacent to an activating group) is 1. The molecule has 2 aliphatic rings. The fourth-order valence-electron chi connectivity index (χ4n) is 4.25. The lowest BCUT2D eigenvalue weighted by Gasteiger charge is -2.36. The number of hydrogen-bond acceptors (Lipinski definition) is 5. The number of nitrogens with one attached hydrogen (secondary N) is 1. The number of morpholine rings is 1. The first-order valence-corrected chi connectivity index (χ1v) is 11.3. The third-order valence-electron chi connectivity index (χ3n) is 6.04. The molecule has 2 aliphatic heterocycles. The molecule has 2 atom stereocenters. The molecule has 1 N–H and O–H groups in total. The molecule has 9 heteroatoms. The maximum absolute atomic E-state index is 12.2. The van der Waals surface area contributed by atoms with E-state index in [0.29, 0.717) is 12.6 Å². The minimum atomic E-state index is -0.0195. The maximum Gasteiger partial charge on any atom is 0.243 e. The zero-order valence-corrected chi connectivity index (χ0v) is 21.7. The molecule has 2 saturated heterocycles. The van der Waals surface area contributed by atoms with Crippen LogP contribution in [0.3, 0.4) is 0 Å². The molecule has 1 aromatic carbocycles. The number of benzene rings is 1. The van der Waals surface area contributed by atoms with Gasteiger partial charge in [0.05, 0.1) is 25.0 Å². The number of likely N-dealkylation sites (tertiary alicyclic amines) is 1. The van der Waals surface area contributed by atoms with Gasteiger partial charge >= 0.3 is 0 Å². The van der Waals surface area contributed by atoms with Crippen molar-refractivity contribution in [2.75, 3.05) is 53.4 Å². The Morgan fingerprint density at radius 2 is 2.00 bits per heavy atom. The molecule has 1 aromatic heterocycles. The Bertz CT molecular complexity index is 891. The molecule has 4 rings (SSSR count). The van der Waals surface area contributed by atoms with E-state index >= 15 is 0 Å². The maximum atomic E-state index is 12.2. The lowest BCUT2D eigenvalue weighted by atomic mass is 10.1. The zero-order valence-electron chi connectivity index (χ0n) is 19.4. The Labute approximate surface area is 213 Å². The van der Waals surface area contributed by atoms with Crippen molar-refractivity contribution in [2.45, 2.75) is 25.1 Å². The van der Waals surface area contributed by atoms with Crippen LogP contribution in [-0.4, -0.2) is 92.1 Å². The summed E-state index contributed by atoms with van der Waals surface area (Å²) in [4.78, 5) is 23.1. The van der Waals surface area contributed by atoms with Gasteiger partial charge < -0.3 is 24.3 Å². The topological polar surface area (TPSA) is 73.5 Å². The van der Waals surface area contributed by atoms with Crippen LogP contribution in [0.2, 0.25) is 0 Å². The molecular formula is C24H34IN5O3. The summed E-state index contributed by atoms with van der Waals surface area (Å²) >= 11 is 0. The van der Waals surface area contributed by atoms with Crippen LogP contribution in [0.25, 0.3) is 0 Å². The van der Waals surface area contributed by atoms with Gasteiger partial charge in [0.15, 0.2) is 5.96 Å². The third kappa shape index (κ3) is 6.94. The summed E-state index contributed by atoms with van der Waals surface area (Å²) in [5, 5.41) is 3.44. The van der Waals surface area contributed by atoms with E-state index < -0.39 is 0 Å². The van der Waals surface area contributed by atoms with Crippen LogP contribution in [0, 0.1) is 0 Å². The van der Waals surface area contributed by atoms with Crippen molar-refractivity contribution >= 4 is 35.8 Å². The first kappa shape index (κ1) is 25.5. The fraction of sp³-hybridized carbons (Fsp3) is 0.500. The molecule has 1 amide bonds. The highest BCUT2D eigenvalue weighted by atomic mass is 127. The number of nitrogens with zero attached hydrogens (tertiary/aromatic N) is 4. The standard InChI is InChI=1S/C24H33N5O3.HI/c1-27(2)23(30)15-26-24(25-11-10-20-9-6-13-31-20)29-17-21-22(18-29)32-14-12-28(21)16-19-7-4-3-5-8-19;/h3-9,13,21-22H,10-12,14-18H2,1-2H3,(H,25,26);1H. The number of ether oxygens (including phenoxy) is 1. The molecule has 2 unspecified atom stereocenters. The van der Waals surface area contributed by atoms with Gasteiger partial charge in [0.1, 0.15) is 12.3 Å². The van der Waals surface area contributed by atoms with E-state index in [9.17, 15) is 4.79 Å². The van der Waals surface area contributed by atoms with E-state index in [4.69, 9.17) is 9.15 Å². The van der Waals surface area contributed by atoms with E-state index in [2.05, 4.69) is 50.4 Å². The van der Waals surface area contributed by atoms with Crippen molar-refractivity contribution in [1.82, 2.24) is 20.0 Å². The molecule has 0 radical (unpaired) electrons. The van der Waals surface area contributed by atoms with Gasteiger partial charge in [-0.15, -0.1) is 24.0 Å². The predicted molar refractivity (Wildman–Crippen MR) is 139 cm³/mol. The van der Waals surface area contributed by atoms with Crippen molar-refractivity contribution in [3.63, 3.8) is 0 Å². The third-order valence-corrected chi connectivity index (χ3v) is 6.04. The normalized spacial score (nSPS) is 20.8. The minimum Gasteiger partial charge on any atom is -0.469 e. The second kappa shape index (κ2) is 12.4. The van der Waals surface area contributed by atoms with Crippen LogP contribution >= 0.6 is 24.0 Å². The van der Waals surface area contributed by atoms with Crippen molar-refractivity contribution in [1.29, 1.82) is 0 Å². The van der Waals surface area contributed by atoms with E-state index in [0.717, 1.165) is 50.9 Å². The summed E-state index contributed by atoms with van der Waals surface area (Å²) in [6.45, 7) is 4.95. The number of carbonyl (C=O) groups excluding carboxylic acids is 1. The van der Waals surface area contributed by atoms with E-state index in [-0.39, 0.29) is 42.5 Å². The number of rotatable bonds is 7. The lowest BCUT2D eigenvalue weighted by molar-refractivity contribution is -0.127. The van der Waals surface area contributed by atoms with Gasteiger partial charge in [0.25, 0.3) is 0 Å². The highest BCUT2D eigenvalue weighted by molar-refractivity contribution is 14.0. The summed E-state index contributed by atoms with van der Waals surface area (Å²) in [5.74, 6) is 1.66.